The Morgan fingerprint density at radius 3 is 3.20 bits per heavy atom. The van der Waals surface area contributed by atoms with Gasteiger partial charge in [-0.2, -0.15) is 0 Å². The standard InChI is InChI=1S/C14H17N3OS2/c1-3-7-19-14-16-12-11(13(18)17(14)15)10-8(2)5-4-6-9(10)20-12/h3,8H,1,4-7,15H2,2H3/t8-/m0/s1. The monoisotopic (exact) mass is 307 g/mol. The molecule has 0 aliphatic heterocycles. The lowest BCUT2D eigenvalue weighted by Gasteiger charge is -2.18. The third kappa shape index (κ3) is 2.07. The van der Waals surface area contributed by atoms with Crippen LogP contribution in [0.15, 0.2) is 22.6 Å². The van der Waals surface area contributed by atoms with Gasteiger partial charge in [0, 0.05) is 10.6 Å². The van der Waals surface area contributed by atoms with Gasteiger partial charge in [-0.05, 0) is 30.7 Å². The molecule has 2 heterocycles. The smallest absolute Gasteiger partial charge is 0.281 e. The van der Waals surface area contributed by atoms with Crippen molar-refractivity contribution in [3.63, 3.8) is 0 Å². The van der Waals surface area contributed by atoms with Gasteiger partial charge in [0.25, 0.3) is 5.56 Å². The summed E-state index contributed by atoms with van der Waals surface area (Å²) in [7, 11) is 0. The molecule has 3 rings (SSSR count). The van der Waals surface area contributed by atoms with Crippen molar-refractivity contribution in [3.8, 4) is 0 Å². The number of aryl methyl sites for hydroxylation is 1. The molecule has 1 aliphatic carbocycles. The molecule has 0 spiro atoms. The zero-order valence-electron chi connectivity index (χ0n) is 11.4. The molecule has 0 unspecified atom stereocenters. The van der Waals surface area contributed by atoms with Gasteiger partial charge in [-0.3, -0.25) is 4.79 Å². The van der Waals surface area contributed by atoms with Crippen LogP contribution in [0.5, 0.6) is 0 Å². The minimum Gasteiger partial charge on any atom is -0.334 e. The van der Waals surface area contributed by atoms with E-state index in [0.29, 0.717) is 16.8 Å². The van der Waals surface area contributed by atoms with E-state index in [2.05, 4.69) is 18.5 Å². The summed E-state index contributed by atoms with van der Waals surface area (Å²) in [5, 5.41) is 1.30. The van der Waals surface area contributed by atoms with Crippen molar-refractivity contribution in [1.29, 1.82) is 0 Å². The van der Waals surface area contributed by atoms with Gasteiger partial charge in [-0.1, -0.05) is 24.8 Å². The molecule has 2 aromatic rings. The van der Waals surface area contributed by atoms with Gasteiger partial charge in [-0.15, -0.1) is 17.9 Å². The van der Waals surface area contributed by atoms with Crippen LogP contribution < -0.4 is 11.4 Å². The maximum Gasteiger partial charge on any atom is 0.281 e. The summed E-state index contributed by atoms with van der Waals surface area (Å²) in [5.74, 6) is 7.03. The highest BCUT2D eigenvalue weighted by Gasteiger charge is 2.25. The van der Waals surface area contributed by atoms with E-state index in [0.717, 1.165) is 23.1 Å². The molecule has 4 nitrogen and oxygen atoms in total. The molecule has 2 N–H and O–H groups in total. The molecule has 0 saturated heterocycles. The first-order valence-corrected chi connectivity index (χ1v) is 8.50. The van der Waals surface area contributed by atoms with Crippen molar-refractivity contribution in [1.82, 2.24) is 9.66 Å². The van der Waals surface area contributed by atoms with Gasteiger partial charge in [0.15, 0.2) is 5.16 Å². The van der Waals surface area contributed by atoms with Crippen LogP contribution in [-0.4, -0.2) is 15.4 Å². The molecular weight excluding hydrogens is 290 g/mol. The Morgan fingerprint density at radius 2 is 2.45 bits per heavy atom. The number of thioether (sulfide) groups is 1. The highest BCUT2D eigenvalue weighted by atomic mass is 32.2. The first-order chi connectivity index (χ1) is 9.63. The summed E-state index contributed by atoms with van der Waals surface area (Å²) < 4.78 is 1.19. The van der Waals surface area contributed by atoms with Crippen LogP contribution in [0, 0.1) is 0 Å². The van der Waals surface area contributed by atoms with E-state index in [1.54, 1.807) is 17.4 Å². The van der Waals surface area contributed by atoms with Gasteiger partial charge >= 0.3 is 0 Å². The molecule has 1 atom stereocenters. The van der Waals surface area contributed by atoms with Crippen molar-refractivity contribution >= 4 is 33.3 Å². The van der Waals surface area contributed by atoms with Gasteiger partial charge in [0.05, 0.1) is 5.39 Å². The molecule has 0 saturated carbocycles. The van der Waals surface area contributed by atoms with Crippen LogP contribution in [0.1, 0.15) is 36.1 Å². The number of hydrogen-bond acceptors (Lipinski definition) is 5. The van der Waals surface area contributed by atoms with Gasteiger partial charge in [0.1, 0.15) is 4.83 Å². The van der Waals surface area contributed by atoms with E-state index < -0.39 is 0 Å². The molecule has 0 aromatic carbocycles. The van der Waals surface area contributed by atoms with E-state index >= 15 is 0 Å². The molecule has 1 aliphatic rings. The van der Waals surface area contributed by atoms with E-state index in [4.69, 9.17) is 5.84 Å². The molecule has 106 valence electrons. The van der Waals surface area contributed by atoms with Crippen molar-refractivity contribution in [2.24, 2.45) is 0 Å². The second kappa shape index (κ2) is 5.26. The quantitative estimate of drug-likeness (QED) is 0.410. The van der Waals surface area contributed by atoms with Gasteiger partial charge in [-0.25, -0.2) is 9.66 Å². The van der Waals surface area contributed by atoms with E-state index in [1.807, 2.05) is 0 Å². The molecule has 6 heteroatoms. The average Bonchev–Trinajstić information content (AvgIpc) is 2.81. The van der Waals surface area contributed by atoms with E-state index in [-0.39, 0.29) is 5.56 Å². The number of nitrogens with zero attached hydrogens (tertiary/aromatic N) is 2. The number of thiophene rings is 1. The summed E-state index contributed by atoms with van der Waals surface area (Å²) in [4.78, 5) is 19.3. The maximum absolute atomic E-state index is 12.6. The van der Waals surface area contributed by atoms with Gasteiger partial charge in [0.2, 0.25) is 0 Å². The minimum atomic E-state index is -0.118. The Morgan fingerprint density at radius 1 is 1.65 bits per heavy atom. The molecule has 2 aromatic heterocycles. The third-order valence-electron chi connectivity index (χ3n) is 3.70. The predicted molar refractivity (Wildman–Crippen MR) is 86.3 cm³/mol. The third-order valence-corrected chi connectivity index (χ3v) is 5.81. The van der Waals surface area contributed by atoms with Crippen LogP contribution in [0.2, 0.25) is 0 Å². The Hall–Kier alpha value is -1.27. The number of aromatic nitrogens is 2. The molecule has 20 heavy (non-hydrogen) atoms. The predicted octanol–water partition coefficient (Wildman–Crippen LogP) is 2.89. The Kier molecular flexibility index (Phi) is 3.60. The first-order valence-electron chi connectivity index (χ1n) is 6.70. The first kappa shape index (κ1) is 13.7. The topological polar surface area (TPSA) is 60.9 Å². The van der Waals surface area contributed by atoms with E-state index in [1.165, 1.54) is 33.3 Å². The van der Waals surface area contributed by atoms with Crippen molar-refractivity contribution in [2.75, 3.05) is 11.6 Å². The Bertz CT molecular complexity index is 732. The van der Waals surface area contributed by atoms with Crippen LogP contribution in [0.3, 0.4) is 0 Å². The zero-order chi connectivity index (χ0) is 14.3. The summed E-state index contributed by atoms with van der Waals surface area (Å²) in [6.45, 7) is 5.86. The fourth-order valence-electron chi connectivity index (χ4n) is 2.77. The van der Waals surface area contributed by atoms with Crippen molar-refractivity contribution in [2.45, 2.75) is 37.3 Å². The zero-order valence-corrected chi connectivity index (χ0v) is 13.0. The normalized spacial score (nSPS) is 18.1. The highest BCUT2D eigenvalue weighted by Crippen LogP contribution is 2.40. The van der Waals surface area contributed by atoms with Crippen LogP contribution >= 0.6 is 23.1 Å². The van der Waals surface area contributed by atoms with Crippen LogP contribution in [-0.2, 0) is 6.42 Å². The fraction of sp³-hybridized carbons (Fsp3) is 0.429. The molecular formula is C14H17N3OS2. The lowest BCUT2D eigenvalue weighted by Crippen LogP contribution is -2.30. The second-order valence-corrected chi connectivity index (χ2v) is 7.15. The molecule has 0 amide bonds. The largest absolute Gasteiger partial charge is 0.334 e. The van der Waals surface area contributed by atoms with E-state index in [9.17, 15) is 4.79 Å². The summed E-state index contributed by atoms with van der Waals surface area (Å²) in [6.07, 6.45) is 5.16. The molecule has 0 radical (unpaired) electrons. The van der Waals surface area contributed by atoms with Crippen LogP contribution in [0.4, 0.5) is 0 Å². The summed E-state index contributed by atoms with van der Waals surface area (Å²) >= 11 is 3.09. The lowest BCUT2D eigenvalue weighted by molar-refractivity contribution is 0.601. The molecule has 0 bridgehead atoms. The SMILES string of the molecule is C=CCSc1nc2sc3c(c2c(=O)n1N)[C@@H](C)CCC3. The fourth-order valence-corrected chi connectivity index (χ4v) is 4.79. The minimum absolute atomic E-state index is 0.118. The number of nitrogens with two attached hydrogens (primary N) is 1. The number of fused-ring (bicyclic) bond motifs is 3. The summed E-state index contributed by atoms with van der Waals surface area (Å²) in [6, 6.07) is 0. The average molecular weight is 307 g/mol. The lowest BCUT2D eigenvalue weighted by atomic mass is 9.88. The van der Waals surface area contributed by atoms with Gasteiger partial charge < -0.3 is 5.84 Å². The molecule has 0 fully saturated rings. The van der Waals surface area contributed by atoms with Crippen LogP contribution in [0.25, 0.3) is 10.2 Å². The number of hydrogen-bond donors (Lipinski definition) is 1. The number of nitrogen functional groups attached to an aromatic ring is 1. The second-order valence-electron chi connectivity index (χ2n) is 5.08. The number of rotatable bonds is 3. The van der Waals surface area contributed by atoms with Crippen molar-refractivity contribution < 1.29 is 0 Å². The summed E-state index contributed by atoms with van der Waals surface area (Å²) in [5.41, 5.74) is 1.07. The highest BCUT2D eigenvalue weighted by molar-refractivity contribution is 7.99. The Labute approximate surface area is 125 Å². The Balaban J connectivity index is 2.24. The van der Waals surface area contributed by atoms with Crippen molar-refractivity contribution in [3.05, 3.63) is 33.4 Å². The maximum atomic E-state index is 12.6.